The van der Waals surface area contributed by atoms with Gasteiger partial charge in [0.1, 0.15) is 0 Å². The molecule has 1 rings (SSSR count). The monoisotopic (exact) mass is 203 g/mol. The fraction of sp³-hybridized carbons (Fsp3) is 0.500. The number of rotatable bonds is 2. The molecule has 1 aromatic rings. The van der Waals surface area contributed by atoms with Gasteiger partial charge in [-0.3, -0.25) is 4.98 Å². The number of pyridine rings is 1. The molecule has 1 heterocycles. The second kappa shape index (κ2) is 3.98. The molecule has 1 unspecified atom stereocenters. The molecular formula is C10H12F3N. The molecule has 0 aromatic carbocycles. The molecule has 0 saturated carbocycles. The van der Waals surface area contributed by atoms with Crippen LogP contribution in [0.25, 0.3) is 0 Å². The Morgan fingerprint density at radius 2 is 2.07 bits per heavy atom. The van der Waals surface area contributed by atoms with Gasteiger partial charge in [-0.1, -0.05) is 13.8 Å². The number of halogens is 3. The normalized spacial score (nSPS) is 14.1. The van der Waals surface area contributed by atoms with E-state index < -0.39 is 11.7 Å². The predicted molar refractivity (Wildman–Crippen MR) is 47.9 cm³/mol. The second-order valence-corrected chi connectivity index (χ2v) is 3.24. The molecule has 0 aliphatic rings. The summed E-state index contributed by atoms with van der Waals surface area (Å²) in [6.45, 7) is 3.59. The third-order valence-electron chi connectivity index (χ3n) is 2.22. The number of nitrogens with zero attached hydrogens (tertiary/aromatic N) is 1. The molecule has 78 valence electrons. The molecule has 0 aliphatic heterocycles. The average Bonchev–Trinajstić information content (AvgIpc) is 2.15. The van der Waals surface area contributed by atoms with Crippen LogP contribution >= 0.6 is 0 Å². The standard InChI is InChI=1S/C10H12F3N/c1-3-7(2)9-8(10(11,12)13)5-4-6-14-9/h4-7H,3H2,1-2H3. The van der Waals surface area contributed by atoms with Gasteiger partial charge in [-0.15, -0.1) is 0 Å². The van der Waals surface area contributed by atoms with Crippen molar-refractivity contribution in [3.63, 3.8) is 0 Å². The number of alkyl halides is 3. The Labute approximate surface area is 81.0 Å². The van der Waals surface area contributed by atoms with E-state index in [4.69, 9.17) is 0 Å². The van der Waals surface area contributed by atoms with Gasteiger partial charge in [0.05, 0.1) is 11.3 Å². The first-order chi connectivity index (χ1) is 6.46. The Kier molecular flexibility index (Phi) is 3.13. The smallest absolute Gasteiger partial charge is 0.260 e. The fourth-order valence-electron chi connectivity index (χ4n) is 1.24. The van der Waals surface area contributed by atoms with E-state index in [1.54, 1.807) is 6.92 Å². The van der Waals surface area contributed by atoms with Crippen LogP contribution in [-0.2, 0) is 6.18 Å². The molecular weight excluding hydrogens is 191 g/mol. The molecule has 0 saturated heterocycles. The Hall–Kier alpha value is -1.06. The van der Waals surface area contributed by atoms with Crippen LogP contribution in [0.3, 0.4) is 0 Å². The Bertz CT molecular complexity index is 306. The number of aromatic nitrogens is 1. The maximum atomic E-state index is 12.5. The SMILES string of the molecule is CCC(C)c1ncccc1C(F)(F)F. The van der Waals surface area contributed by atoms with Crippen LogP contribution in [0.5, 0.6) is 0 Å². The molecule has 1 atom stereocenters. The maximum Gasteiger partial charge on any atom is 0.418 e. The average molecular weight is 203 g/mol. The molecule has 0 aliphatic carbocycles. The molecule has 14 heavy (non-hydrogen) atoms. The minimum Gasteiger partial charge on any atom is -0.260 e. The molecule has 0 radical (unpaired) electrons. The highest BCUT2D eigenvalue weighted by atomic mass is 19.4. The van der Waals surface area contributed by atoms with E-state index in [-0.39, 0.29) is 11.6 Å². The van der Waals surface area contributed by atoms with Crippen LogP contribution < -0.4 is 0 Å². The summed E-state index contributed by atoms with van der Waals surface area (Å²) in [5, 5.41) is 0. The quantitative estimate of drug-likeness (QED) is 0.715. The molecule has 0 N–H and O–H groups in total. The lowest BCUT2D eigenvalue weighted by molar-refractivity contribution is -0.138. The van der Waals surface area contributed by atoms with Gasteiger partial charge in [0.25, 0.3) is 0 Å². The lowest BCUT2D eigenvalue weighted by Gasteiger charge is -2.15. The van der Waals surface area contributed by atoms with Gasteiger partial charge in [-0.2, -0.15) is 13.2 Å². The van der Waals surface area contributed by atoms with Gasteiger partial charge < -0.3 is 0 Å². The van der Waals surface area contributed by atoms with Crippen molar-refractivity contribution in [2.75, 3.05) is 0 Å². The highest BCUT2D eigenvalue weighted by molar-refractivity contribution is 5.25. The third kappa shape index (κ3) is 2.25. The van der Waals surface area contributed by atoms with E-state index in [0.29, 0.717) is 6.42 Å². The highest BCUT2D eigenvalue weighted by Gasteiger charge is 2.34. The molecule has 1 nitrogen and oxygen atoms in total. The van der Waals surface area contributed by atoms with Crippen LogP contribution in [0, 0.1) is 0 Å². The van der Waals surface area contributed by atoms with Crippen molar-refractivity contribution in [1.29, 1.82) is 0 Å². The molecule has 0 spiro atoms. The summed E-state index contributed by atoms with van der Waals surface area (Å²) < 4.78 is 37.5. The van der Waals surface area contributed by atoms with Crippen LogP contribution in [0.2, 0.25) is 0 Å². The zero-order valence-electron chi connectivity index (χ0n) is 8.10. The van der Waals surface area contributed by atoms with Gasteiger partial charge in [-0.05, 0) is 24.5 Å². The van der Waals surface area contributed by atoms with Crippen molar-refractivity contribution in [2.24, 2.45) is 0 Å². The maximum absolute atomic E-state index is 12.5. The molecule has 0 amide bonds. The van der Waals surface area contributed by atoms with Crippen molar-refractivity contribution in [3.8, 4) is 0 Å². The van der Waals surface area contributed by atoms with E-state index in [2.05, 4.69) is 4.98 Å². The number of hydrogen-bond donors (Lipinski definition) is 0. The topological polar surface area (TPSA) is 12.9 Å². The Balaban J connectivity index is 3.16. The van der Waals surface area contributed by atoms with Gasteiger partial charge in [-0.25, -0.2) is 0 Å². The van der Waals surface area contributed by atoms with E-state index in [1.165, 1.54) is 12.3 Å². The van der Waals surface area contributed by atoms with Gasteiger partial charge >= 0.3 is 6.18 Å². The summed E-state index contributed by atoms with van der Waals surface area (Å²) in [5.41, 5.74) is -0.475. The lowest BCUT2D eigenvalue weighted by atomic mass is 9.99. The van der Waals surface area contributed by atoms with E-state index >= 15 is 0 Å². The lowest BCUT2D eigenvalue weighted by Crippen LogP contribution is -2.12. The molecule has 0 bridgehead atoms. The number of hydrogen-bond acceptors (Lipinski definition) is 1. The van der Waals surface area contributed by atoms with Crippen molar-refractivity contribution < 1.29 is 13.2 Å². The van der Waals surface area contributed by atoms with E-state index in [1.807, 2.05) is 6.92 Å². The molecule has 4 heteroatoms. The van der Waals surface area contributed by atoms with Gasteiger partial charge in [0.15, 0.2) is 0 Å². The van der Waals surface area contributed by atoms with E-state index in [0.717, 1.165) is 6.07 Å². The zero-order chi connectivity index (χ0) is 10.8. The summed E-state index contributed by atoms with van der Waals surface area (Å²) in [5.74, 6) is -0.159. The minimum atomic E-state index is -4.30. The first kappa shape index (κ1) is 11.0. The van der Waals surface area contributed by atoms with Crippen molar-refractivity contribution in [3.05, 3.63) is 29.6 Å². The predicted octanol–water partition coefficient (Wildman–Crippen LogP) is 3.61. The second-order valence-electron chi connectivity index (χ2n) is 3.24. The van der Waals surface area contributed by atoms with Crippen LogP contribution in [0.4, 0.5) is 13.2 Å². The van der Waals surface area contributed by atoms with Crippen LogP contribution in [0.1, 0.15) is 37.4 Å². The summed E-state index contributed by atoms with van der Waals surface area (Å²) in [6.07, 6.45) is -2.25. The molecule has 1 aromatic heterocycles. The first-order valence-corrected chi connectivity index (χ1v) is 4.49. The largest absolute Gasteiger partial charge is 0.418 e. The van der Waals surface area contributed by atoms with Gasteiger partial charge in [0, 0.05) is 6.20 Å². The highest BCUT2D eigenvalue weighted by Crippen LogP contribution is 2.34. The Morgan fingerprint density at radius 1 is 1.43 bits per heavy atom. The third-order valence-corrected chi connectivity index (χ3v) is 2.22. The molecule has 0 fully saturated rings. The van der Waals surface area contributed by atoms with E-state index in [9.17, 15) is 13.2 Å². The van der Waals surface area contributed by atoms with Crippen LogP contribution in [0.15, 0.2) is 18.3 Å². The van der Waals surface area contributed by atoms with Crippen molar-refractivity contribution in [2.45, 2.75) is 32.4 Å². The Morgan fingerprint density at radius 3 is 2.57 bits per heavy atom. The fourth-order valence-corrected chi connectivity index (χ4v) is 1.24. The van der Waals surface area contributed by atoms with Crippen molar-refractivity contribution >= 4 is 0 Å². The summed E-state index contributed by atoms with van der Waals surface area (Å²) in [4.78, 5) is 3.80. The zero-order valence-corrected chi connectivity index (χ0v) is 8.10. The summed E-state index contributed by atoms with van der Waals surface area (Å²) in [7, 11) is 0. The van der Waals surface area contributed by atoms with Gasteiger partial charge in [0.2, 0.25) is 0 Å². The summed E-state index contributed by atoms with van der Waals surface area (Å²) >= 11 is 0. The van der Waals surface area contributed by atoms with Crippen LogP contribution in [-0.4, -0.2) is 4.98 Å². The minimum absolute atomic E-state index is 0.141. The summed E-state index contributed by atoms with van der Waals surface area (Å²) in [6, 6.07) is 2.39. The first-order valence-electron chi connectivity index (χ1n) is 4.49. The van der Waals surface area contributed by atoms with Crippen molar-refractivity contribution in [1.82, 2.24) is 4.98 Å².